The number of carboxylic acids is 1. The molecule has 0 saturated heterocycles. The SMILES string of the molecule is C#Cc1cccc(C(=O)Nc2cc(C)nn2C)c1.C#Cc1cccc(C(=O)O)c1. The van der Waals surface area contributed by atoms with Crippen LogP contribution in [0.1, 0.15) is 37.5 Å². The second-order valence-corrected chi connectivity index (χ2v) is 6.00. The molecule has 29 heavy (non-hydrogen) atoms. The van der Waals surface area contributed by atoms with Crippen molar-refractivity contribution in [2.24, 2.45) is 7.05 Å². The van der Waals surface area contributed by atoms with Crippen LogP contribution in [-0.4, -0.2) is 26.8 Å². The van der Waals surface area contributed by atoms with Crippen molar-refractivity contribution in [1.82, 2.24) is 9.78 Å². The van der Waals surface area contributed by atoms with Gasteiger partial charge in [0.1, 0.15) is 5.82 Å². The lowest BCUT2D eigenvalue weighted by Crippen LogP contribution is -2.14. The topological polar surface area (TPSA) is 84.2 Å². The number of terminal acetylenes is 2. The minimum Gasteiger partial charge on any atom is -0.478 e. The average Bonchev–Trinajstić information content (AvgIpc) is 3.05. The monoisotopic (exact) mass is 385 g/mol. The largest absolute Gasteiger partial charge is 0.478 e. The number of anilines is 1. The lowest BCUT2D eigenvalue weighted by molar-refractivity contribution is 0.0696. The summed E-state index contributed by atoms with van der Waals surface area (Å²) >= 11 is 0. The Morgan fingerprint density at radius 3 is 2.03 bits per heavy atom. The van der Waals surface area contributed by atoms with Crippen LogP contribution in [-0.2, 0) is 7.05 Å². The number of nitrogens with zero attached hydrogens (tertiary/aromatic N) is 2. The molecule has 0 fully saturated rings. The first-order valence-corrected chi connectivity index (χ1v) is 8.52. The van der Waals surface area contributed by atoms with Crippen molar-refractivity contribution in [1.29, 1.82) is 0 Å². The number of carbonyl (C=O) groups is 2. The quantitative estimate of drug-likeness (QED) is 0.678. The number of nitrogens with one attached hydrogen (secondary N) is 1. The summed E-state index contributed by atoms with van der Waals surface area (Å²) in [5, 5.41) is 15.5. The maximum atomic E-state index is 12.0. The highest BCUT2D eigenvalue weighted by molar-refractivity contribution is 6.04. The van der Waals surface area contributed by atoms with E-state index in [1.165, 1.54) is 12.1 Å². The molecule has 0 aliphatic rings. The Balaban J connectivity index is 0.000000234. The standard InChI is InChI=1S/C14H13N3O.C9H6O2/c1-4-11-6-5-7-12(9-11)14(18)15-13-8-10(2)16-17(13)3;1-2-7-4-3-5-8(6-7)9(10)11/h1,5-9H,2-3H3,(H,15,18);1,3-6H,(H,10,11). The van der Waals surface area contributed by atoms with Crippen LogP contribution in [0.25, 0.3) is 0 Å². The second kappa shape index (κ2) is 9.59. The zero-order chi connectivity index (χ0) is 21.4. The third-order valence-electron chi connectivity index (χ3n) is 3.81. The molecule has 0 aliphatic heterocycles. The highest BCUT2D eigenvalue weighted by Gasteiger charge is 2.09. The Hall–Kier alpha value is -4.29. The van der Waals surface area contributed by atoms with Crippen LogP contribution in [0, 0.1) is 31.6 Å². The van der Waals surface area contributed by atoms with Gasteiger partial charge in [-0.1, -0.05) is 24.0 Å². The molecule has 0 bridgehead atoms. The molecule has 0 aliphatic carbocycles. The molecule has 3 rings (SSSR count). The number of carbonyl (C=O) groups excluding carboxylic acids is 1. The smallest absolute Gasteiger partial charge is 0.335 e. The molecule has 3 aromatic rings. The number of benzene rings is 2. The Morgan fingerprint density at radius 1 is 1.00 bits per heavy atom. The summed E-state index contributed by atoms with van der Waals surface area (Å²) in [6.07, 6.45) is 10.4. The van der Waals surface area contributed by atoms with Crippen LogP contribution >= 0.6 is 0 Å². The number of aryl methyl sites for hydroxylation is 2. The van der Waals surface area contributed by atoms with Crippen LogP contribution in [0.5, 0.6) is 0 Å². The minimum absolute atomic E-state index is 0.199. The number of hydrogen-bond donors (Lipinski definition) is 2. The molecule has 2 N–H and O–H groups in total. The van der Waals surface area contributed by atoms with Crippen molar-refractivity contribution in [3.63, 3.8) is 0 Å². The van der Waals surface area contributed by atoms with Crippen LogP contribution in [0.2, 0.25) is 0 Å². The van der Waals surface area contributed by atoms with Crippen molar-refractivity contribution >= 4 is 17.7 Å². The normalized spacial score (nSPS) is 9.38. The molecule has 0 unspecified atom stereocenters. The zero-order valence-electron chi connectivity index (χ0n) is 16.0. The number of aromatic carboxylic acids is 1. The molecule has 0 radical (unpaired) electrons. The fourth-order valence-electron chi connectivity index (χ4n) is 2.41. The van der Waals surface area contributed by atoms with Gasteiger partial charge in [0.25, 0.3) is 5.91 Å². The Labute approximate surface area is 169 Å². The number of rotatable bonds is 3. The first-order chi connectivity index (χ1) is 13.8. The lowest BCUT2D eigenvalue weighted by atomic mass is 10.1. The van der Waals surface area contributed by atoms with E-state index in [4.69, 9.17) is 18.0 Å². The van der Waals surface area contributed by atoms with E-state index < -0.39 is 5.97 Å². The highest BCUT2D eigenvalue weighted by atomic mass is 16.4. The van der Waals surface area contributed by atoms with Gasteiger partial charge in [0.05, 0.1) is 11.3 Å². The van der Waals surface area contributed by atoms with E-state index in [1.54, 1.807) is 48.1 Å². The minimum atomic E-state index is -0.956. The summed E-state index contributed by atoms with van der Waals surface area (Å²) in [7, 11) is 1.78. The summed E-state index contributed by atoms with van der Waals surface area (Å²) in [5.74, 6) is 4.36. The molecule has 0 spiro atoms. The number of amides is 1. The third-order valence-corrected chi connectivity index (χ3v) is 3.81. The predicted octanol–water partition coefficient (Wildman–Crippen LogP) is 3.33. The first kappa shape index (κ1) is 21.0. The van der Waals surface area contributed by atoms with Gasteiger partial charge in [0.2, 0.25) is 0 Å². The summed E-state index contributed by atoms with van der Waals surface area (Å²) < 4.78 is 1.62. The van der Waals surface area contributed by atoms with Crippen molar-refractivity contribution in [2.45, 2.75) is 6.92 Å². The van der Waals surface area contributed by atoms with Gasteiger partial charge < -0.3 is 10.4 Å². The fourth-order valence-corrected chi connectivity index (χ4v) is 2.41. The van der Waals surface area contributed by atoms with Gasteiger partial charge >= 0.3 is 5.97 Å². The third kappa shape index (κ3) is 5.85. The lowest BCUT2D eigenvalue weighted by Gasteiger charge is -2.05. The number of hydrogen-bond acceptors (Lipinski definition) is 3. The molecule has 1 aromatic heterocycles. The van der Waals surface area contributed by atoms with E-state index in [0.717, 1.165) is 5.69 Å². The summed E-state index contributed by atoms with van der Waals surface area (Å²) in [4.78, 5) is 22.4. The van der Waals surface area contributed by atoms with Crippen molar-refractivity contribution in [3.05, 3.63) is 82.5 Å². The first-order valence-electron chi connectivity index (χ1n) is 8.52. The highest BCUT2D eigenvalue weighted by Crippen LogP contribution is 2.11. The van der Waals surface area contributed by atoms with Crippen LogP contribution in [0.4, 0.5) is 5.82 Å². The van der Waals surface area contributed by atoms with Crippen LogP contribution in [0.3, 0.4) is 0 Å². The molecule has 1 heterocycles. The summed E-state index contributed by atoms with van der Waals surface area (Å²) in [6, 6.07) is 15.0. The number of aromatic nitrogens is 2. The van der Waals surface area contributed by atoms with Gasteiger partial charge in [-0.15, -0.1) is 12.8 Å². The zero-order valence-corrected chi connectivity index (χ0v) is 16.0. The van der Waals surface area contributed by atoms with Gasteiger partial charge in [-0.05, 0) is 43.3 Å². The molecule has 6 heteroatoms. The molecule has 0 atom stereocenters. The molecule has 1 amide bonds. The van der Waals surface area contributed by atoms with Gasteiger partial charge in [0, 0.05) is 29.8 Å². The van der Waals surface area contributed by atoms with Gasteiger partial charge in [-0.25, -0.2) is 4.79 Å². The molecule has 144 valence electrons. The Kier molecular flexibility index (Phi) is 6.95. The maximum absolute atomic E-state index is 12.0. The molecular formula is C23H19N3O3. The Morgan fingerprint density at radius 2 is 1.55 bits per heavy atom. The molecule has 6 nitrogen and oxygen atoms in total. The Bertz CT molecular complexity index is 1130. The second-order valence-electron chi connectivity index (χ2n) is 6.00. The molecule has 0 saturated carbocycles. The summed E-state index contributed by atoms with van der Waals surface area (Å²) in [6.45, 7) is 1.87. The van der Waals surface area contributed by atoms with Gasteiger partial charge in [-0.3, -0.25) is 9.48 Å². The average molecular weight is 385 g/mol. The van der Waals surface area contributed by atoms with Gasteiger partial charge in [0.15, 0.2) is 0 Å². The van der Waals surface area contributed by atoms with Crippen molar-refractivity contribution < 1.29 is 14.7 Å². The van der Waals surface area contributed by atoms with E-state index in [0.29, 0.717) is 22.5 Å². The predicted molar refractivity (Wildman–Crippen MR) is 112 cm³/mol. The molecule has 2 aromatic carbocycles. The van der Waals surface area contributed by atoms with E-state index >= 15 is 0 Å². The summed E-state index contributed by atoms with van der Waals surface area (Å²) in [5.41, 5.74) is 2.88. The van der Waals surface area contributed by atoms with E-state index in [2.05, 4.69) is 22.3 Å². The van der Waals surface area contributed by atoms with Crippen LogP contribution in [0.15, 0.2) is 54.6 Å². The van der Waals surface area contributed by atoms with Crippen molar-refractivity contribution in [2.75, 3.05) is 5.32 Å². The fraction of sp³-hybridized carbons (Fsp3) is 0.0870. The van der Waals surface area contributed by atoms with E-state index in [9.17, 15) is 9.59 Å². The van der Waals surface area contributed by atoms with E-state index in [-0.39, 0.29) is 11.5 Å². The van der Waals surface area contributed by atoms with Crippen molar-refractivity contribution in [3.8, 4) is 24.7 Å². The molecular weight excluding hydrogens is 366 g/mol. The maximum Gasteiger partial charge on any atom is 0.335 e. The van der Waals surface area contributed by atoms with Gasteiger partial charge in [-0.2, -0.15) is 5.10 Å². The number of carboxylic acid groups (broad SMARTS) is 1. The van der Waals surface area contributed by atoms with Crippen LogP contribution < -0.4 is 5.32 Å². The van der Waals surface area contributed by atoms with E-state index in [1.807, 2.05) is 13.0 Å².